The van der Waals surface area contributed by atoms with Crippen LogP contribution in [0.1, 0.15) is 18.1 Å². The van der Waals surface area contributed by atoms with Crippen LogP contribution in [0.3, 0.4) is 0 Å². The summed E-state index contributed by atoms with van der Waals surface area (Å²) in [5, 5.41) is 6.71. The van der Waals surface area contributed by atoms with Gasteiger partial charge in [-0.05, 0) is 38.1 Å². The van der Waals surface area contributed by atoms with Gasteiger partial charge >= 0.3 is 0 Å². The third-order valence-electron chi connectivity index (χ3n) is 2.74. The third kappa shape index (κ3) is 5.20. The molecule has 0 amide bonds. The van der Waals surface area contributed by atoms with Crippen molar-refractivity contribution in [3.05, 3.63) is 29.3 Å². The predicted octanol–water partition coefficient (Wildman–Crippen LogP) is 1.75. The minimum atomic E-state index is 0.990. The van der Waals surface area contributed by atoms with Gasteiger partial charge in [-0.15, -0.1) is 0 Å². The van der Waals surface area contributed by atoms with Crippen molar-refractivity contribution >= 4 is 0 Å². The molecular formula is C14H24N2O. The lowest BCUT2D eigenvalue weighted by molar-refractivity contribution is 0.409. The van der Waals surface area contributed by atoms with E-state index in [0.717, 1.165) is 38.3 Å². The van der Waals surface area contributed by atoms with Gasteiger partial charge in [0.15, 0.2) is 0 Å². The van der Waals surface area contributed by atoms with Gasteiger partial charge in [0.05, 0.1) is 7.11 Å². The molecule has 17 heavy (non-hydrogen) atoms. The molecule has 0 saturated carbocycles. The van der Waals surface area contributed by atoms with Gasteiger partial charge in [-0.2, -0.15) is 0 Å². The van der Waals surface area contributed by atoms with Gasteiger partial charge in [-0.1, -0.05) is 24.6 Å². The van der Waals surface area contributed by atoms with E-state index >= 15 is 0 Å². The molecule has 0 radical (unpaired) electrons. The largest absolute Gasteiger partial charge is 0.496 e. The summed E-state index contributed by atoms with van der Waals surface area (Å²) >= 11 is 0. The molecule has 0 bridgehead atoms. The number of methoxy groups -OCH3 is 1. The molecule has 0 aliphatic heterocycles. The SMILES string of the molecule is CCNCCNCCc1cc(C)ccc1OC. The highest BCUT2D eigenvalue weighted by atomic mass is 16.5. The molecule has 0 spiro atoms. The minimum absolute atomic E-state index is 0.990. The van der Waals surface area contributed by atoms with Crippen molar-refractivity contribution in [2.75, 3.05) is 33.3 Å². The average Bonchev–Trinajstić information content (AvgIpc) is 2.34. The van der Waals surface area contributed by atoms with Gasteiger partial charge in [-0.25, -0.2) is 0 Å². The van der Waals surface area contributed by atoms with E-state index in [4.69, 9.17) is 4.74 Å². The number of likely N-dealkylation sites (N-methyl/N-ethyl adjacent to an activating group) is 1. The highest BCUT2D eigenvalue weighted by Crippen LogP contribution is 2.19. The molecule has 0 aromatic heterocycles. The van der Waals surface area contributed by atoms with Crippen molar-refractivity contribution < 1.29 is 4.74 Å². The first-order chi connectivity index (χ1) is 8.27. The van der Waals surface area contributed by atoms with Crippen molar-refractivity contribution in [1.29, 1.82) is 0 Å². The van der Waals surface area contributed by atoms with Crippen LogP contribution in [0.15, 0.2) is 18.2 Å². The smallest absolute Gasteiger partial charge is 0.122 e. The Hall–Kier alpha value is -1.06. The summed E-state index contributed by atoms with van der Waals surface area (Å²) in [6.07, 6.45) is 1.01. The number of rotatable bonds is 8. The minimum Gasteiger partial charge on any atom is -0.496 e. The van der Waals surface area contributed by atoms with Crippen LogP contribution in [-0.2, 0) is 6.42 Å². The lowest BCUT2D eigenvalue weighted by atomic mass is 10.1. The fourth-order valence-electron chi connectivity index (χ4n) is 1.80. The van der Waals surface area contributed by atoms with Crippen LogP contribution >= 0.6 is 0 Å². The quantitative estimate of drug-likeness (QED) is 0.675. The molecule has 96 valence electrons. The first kappa shape index (κ1) is 14.0. The molecule has 0 unspecified atom stereocenters. The molecule has 1 rings (SSSR count). The second-order valence-corrected chi connectivity index (χ2v) is 4.17. The van der Waals surface area contributed by atoms with Gasteiger partial charge in [0, 0.05) is 13.1 Å². The lowest BCUT2D eigenvalue weighted by Gasteiger charge is -2.10. The first-order valence-corrected chi connectivity index (χ1v) is 6.33. The van der Waals surface area contributed by atoms with Gasteiger partial charge in [0.25, 0.3) is 0 Å². The third-order valence-corrected chi connectivity index (χ3v) is 2.74. The van der Waals surface area contributed by atoms with E-state index in [-0.39, 0.29) is 0 Å². The zero-order valence-corrected chi connectivity index (χ0v) is 11.2. The molecular weight excluding hydrogens is 212 g/mol. The fourth-order valence-corrected chi connectivity index (χ4v) is 1.80. The van der Waals surface area contributed by atoms with Crippen LogP contribution in [-0.4, -0.2) is 33.3 Å². The Morgan fingerprint density at radius 3 is 2.59 bits per heavy atom. The molecule has 0 saturated heterocycles. The van der Waals surface area contributed by atoms with Gasteiger partial charge < -0.3 is 15.4 Å². The number of ether oxygens (including phenoxy) is 1. The van der Waals surface area contributed by atoms with Crippen LogP contribution < -0.4 is 15.4 Å². The second-order valence-electron chi connectivity index (χ2n) is 4.17. The molecule has 1 aromatic carbocycles. The number of nitrogens with one attached hydrogen (secondary N) is 2. The van der Waals surface area contributed by atoms with Crippen LogP contribution in [0, 0.1) is 6.92 Å². The Labute approximate surface area is 105 Å². The zero-order chi connectivity index (χ0) is 12.5. The number of hydrogen-bond acceptors (Lipinski definition) is 3. The Morgan fingerprint density at radius 2 is 1.88 bits per heavy atom. The van der Waals surface area contributed by atoms with Crippen LogP contribution in [0.4, 0.5) is 0 Å². The summed E-state index contributed by atoms with van der Waals surface area (Å²) in [6, 6.07) is 6.33. The van der Waals surface area contributed by atoms with E-state index in [1.807, 2.05) is 6.07 Å². The molecule has 1 aromatic rings. The van der Waals surface area contributed by atoms with E-state index in [0.29, 0.717) is 0 Å². The normalized spacial score (nSPS) is 10.5. The molecule has 0 fully saturated rings. The van der Waals surface area contributed by atoms with Crippen molar-refractivity contribution in [2.24, 2.45) is 0 Å². The summed E-state index contributed by atoms with van der Waals surface area (Å²) in [6.45, 7) is 8.31. The van der Waals surface area contributed by atoms with Crippen LogP contribution in [0.5, 0.6) is 5.75 Å². The first-order valence-electron chi connectivity index (χ1n) is 6.33. The summed E-state index contributed by atoms with van der Waals surface area (Å²) < 4.78 is 5.36. The van der Waals surface area contributed by atoms with Crippen molar-refractivity contribution in [3.8, 4) is 5.75 Å². The Balaban J connectivity index is 2.32. The summed E-state index contributed by atoms with van der Waals surface area (Å²) in [5.41, 5.74) is 2.57. The van der Waals surface area contributed by atoms with E-state index in [9.17, 15) is 0 Å². The Bertz CT molecular complexity index is 326. The molecule has 0 aliphatic carbocycles. The maximum Gasteiger partial charge on any atom is 0.122 e. The second kappa shape index (κ2) is 8.09. The fraction of sp³-hybridized carbons (Fsp3) is 0.571. The predicted molar refractivity (Wildman–Crippen MR) is 72.8 cm³/mol. The topological polar surface area (TPSA) is 33.3 Å². The molecule has 0 atom stereocenters. The highest BCUT2D eigenvalue weighted by molar-refractivity contribution is 5.37. The van der Waals surface area contributed by atoms with Crippen LogP contribution in [0.25, 0.3) is 0 Å². The van der Waals surface area contributed by atoms with Crippen molar-refractivity contribution in [3.63, 3.8) is 0 Å². The van der Waals surface area contributed by atoms with E-state index in [1.54, 1.807) is 7.11 Å². The maximum absolute atomic E-state index is 5.36. The molecule has 3 heteroatoms. The van der Waals surface area contributed by atoms with Crippen LogP contribution in [0.2, 0.25) is 0 Å². The van der Waals surface area contributed by atoms with Crippen molar-refractivity contribution in [1.82, 2.24) is 10.6 Å². The highest BCUT2D eigenvalue weighted by Gasteiger charge is 2.02. The van der Waals surface area contributed by atoms with E-state index in [2.05, 4.69) is 36.6 Å². The van der Waals surface area contributed by atoms with Gasteiger partial charge in [0.2, 0.25) is 0 Å². The average molecular weight is 236 g/mol. The van der Waals surface area contributed by atoms with E-state index < -0.39 is 0 Å². The Kier molecular flexibility index (Phi) is 6.67. The lowest BCUT2D eigenvalue weighted by Crippen LogP contribution is -2.28. The summed E-state index contributed by atoms with van der Waals surface area (Å²) in [7, 11) is 1.73. The number of benzene rings is 1. The summed E-state index contributed by atoms with van der Waals surface area (Å²) in [5.74, 6) is 0.990. The van der Waals surface area contributed by atoms with Crippen molar-refractivity contribution in [2.45, 2.75) is 20.3 Å². The Morgan fingerprint density at radius 1 is 1.12 bits per heavy atom. The maximum atomic E-state index is 5.36. The van der Waals surface area contributed by atoms with E-state index in [1.165, 1.54) is 11.1 Å². The monoisotopic (exact) mass is 236 g/mol. The standard InChI is InChI=1S/C14H24N2O/c1-4-15-9-10-16-8-7-13-11-12(2)5-6-14(13)17-3/h5-6,11,15-16H,4,7-10H2,1-3H3. The number of aryl methyl sites for hydroxylation is 1. The molecule has 0 aliphatic rings. The molecule has 3 nitrogen and oxygen atoms in total. The number of hydrogen-bond donors (Lipinski definition) is 2. The van der Waals surface area contributed by atoms with Gasteiger partial charge in [-0.3, -0.25) is 0 Å². The van der Waals surface area contributed by atoms with Gasteiger partial charge in [0.1, 0.15) is 5.75 Å². The zero-order valence-electron chi connectivity index (χ0n) is 11.2. The summed E-state index contributed by atoms with van der Waals surface area (Å²) in [4.78, 5) is 0. The molecule has 0 heterocycles. The molecule has 2 N–H and O–H groups in total.